The molecule has 0 aliphatic carbocycles. The molecule has 0 fully saturated rings. The highest BCUT2D eigenvalue weighted by atomic mass is 16.5. The lowest BCUT2D eigenvalue weighted by Crippen LogP contribution is -2.03. The van der Waals surface area contributed by atoms with Gasteiger partial charge in [0.1, 0.15) is 0 Å². The highest BCUT2D eigenvalue weighted by Gasteiger charge is 2.21. The molecule has 0 saturated carbocycles. The normalized spacial score (nSPS) is 12.2. The number of nitrogens with zero attached hydrogens (tertiary/aromatic N) is 2. The molecular weight excluding hydrogens is 266 g/mol. The molecule has 5 nitrogen and oxygen atoms in total. The number of hydrogen-bond acceptors (Lipinski definition) is 5. The zero-order chi connectivity index (χ0) is 14.7. The van der Waals surface area contributed by atoms with Crippen LogP contribution in [0.5, 0.6) is 0 Å². The summed E-state index contributed by atoms with van der Waals surface area (Å²) in [5.41, 5.74) is 8.24. The van der Waals surface area contributed by atoms with Crippen LogP contribution in [0.2, 0.25) is 0 Å². The summed E-state index contributed by atoms with van der Waals surface area (Å²) in [6, 6.07) is 17.1. The molecule has 0 radical (unpaired) electrons. The molecule has 1 heterocycles. The van der Waals surface area contributed by atoms with E-state index < -0.39 is 6.10 Å². The molecule has 1 aromatic heterocycles. The standard InChI is InChI=1S/C16H15N3O2/c1-20-14(11-7-3-2-4-8-11)16-18-15(19-21-16)12-9-5-6-10-13(12)17/h2-10,14H,17H2,1H3. The van der Waals surface area contributed by atoms with Gasteiger partial charge in [0.2, 0.25) is 5.82 Å². The van der Waals surface area contributed by atoms with E-state index in [0.29, 0.717) is 17.4 Å². The highest BCUT2D eigenvalue weighted by Crippen LogP contribution is 2.28. The first-order valence-electron chi connectivity index (χ1n) is 6.56. The Hall–Kier alpha value is -2.66. The minimum Gasteiger partial charge on any atom is -0.398 e. The van der Waals surface area contributed by atoms with Crippen molar-refractivity contribution < 1.29 is 9.26 Å². The van der Waals surface area contributed by atoms with Crippen LogP contribution < -0.4 is 5.73 Å². The van der Waals surface area contributed by atoms with Crippen LogP contribution in [0.15, 0.2) is 59.1 Å². The monoisotopic (exact) mass is 281 g/mol. The maximum Gasteiger partial charge on any atom is 0.260 e. The number of ether oxygens (including phenoxy) is 1. The Balaban J connectivity index is 1.96. The second-order valence-corrected chi connectivity index (χ2v) is 4.57. The molecule has 0 amide bonds. The van der Waals surface area contributed by atoms with E-state index in [1.54, 1.807) is 13.2 Å². The number of rotatable bonds is 4. The van der Waals surface area contributed by atoms with Crippen LogP contribution in [-0.2, 0) is 4.74 Å². The van der Waals surface area contributed by atoms with Gasteiger partial charge in [-0.25, -0.2) is 0 Å². The van der Waals surface area contributed by atoms with Gasteiger partial charge in [-0.1, -0.05) is 47.6 Å². The Morgan fingerprint density at radius 2 is 1.76 bits per heavy atom. The molecule has 21 heavy (non-hydrogen) atoms. The predicted octanol–water partition coefficient (Wildman–Crippen LogP) is 3.05. The van der Waals surface area contributed by atoms with Crippen LogP contribution in [0.4, 0.5) is 5.69 Å². The van der Waals surface area contributed by atoms with Crippen molar-refractivity contribution in [2.45, 2.75) is 6.10 Å². The Morgan fingerprint density at radius 1 is 1.05 bits per heavy atom. The maximum absolute atomic E-state index is 5.93. The van der Waals surface area contributed by atoms with E-state index in [2.05, 4.69) is 10.1 Å². The number of nitrogen functional groups attached to an aromatic ring is 1. The number of anilines is 1. The van der Waals surface area contributed by atoms with E-state index >= 15 is 0 Å². The third kappa shape index (κ3) is 2.64. The molecule has 1 unspecified atom stereocenters. The molecular formula is C16H15N3O2. The van der Waals surface area contributed by atoms with E-state index in [-0.39, 0.29) is 0 Å². The second kappa shape index (κ2) is 5.76. The molecule has 3 aromatic rings. The molecule has 0 saturated heterocycles. The summed E-state index contributed by atoms with van der Waals surface area (Å²) in [6.07, 6.45) is -0.391. The van der Waals surface area contributed by atoms with Crippen molar-refractivity contribution in [1.29, 1.82) is 0 Å². The van der Waals surface area contributed by atoms with Crippen molar-refractivity contribution in [2.75, 3.05) is 12.8 Å². The summed E-state index contributed by atoms with van der Waals surface area (Å²) in [6.45, 7) is 0. The van der Waals surface area contributed by atoms with Gasteiger partial charge >= 0.3 is 0 Å². The molecule has 0 spiro atoms. The van der Waals surface area contributed by atoms with Gasteiger partial charge in [0.15, 0.2) is 6.10 Å². The Kier molecular flexibility index (Phi) is 3.66. The third-order valence-corrected chi connectivity index (χ3v) is 3.21. The molecule has 1 atom stereocenters. The van der Waals surface area contributed by atoms with E-state index in [4.69, 9.17) is 15.0 Å². The van der Waals surface area contributed by atoms with Crippen LogP contribution in [-0.4, -0.2) is 17.3 Å². The summed E-state index contributed by atoms with van der Waals surface area (Å²) in [4.78, 5) is 4.41. The molecule has 0 aliphatic rings. The van der Waals surface area contributed by atoms with E-state index in [9.17, 15) is 0 Å². The summed E-state index contributed by atoms with van der Waals surface area (Å²) >= 11 is 0. The van der Waals surface area contributed by atoms with Crippen LogP contribution in [0, 0.1) is 0 Å². The van der Waals surface area contributed by atoms with Crippen LogP contribution >= 0.6 is 0 Å². The Labute approximate surface area is 122 Å². The fourth-order valence-corrected chi connectivity index (χ4v) is 2.16. The van der Waals surface area contributed by atoms with Gasteiger partial charge in [0, 0.05) is 18.4 Å². The van der Waals surface area contributed by atoms with Gasteiger partial charge in [0.05, 0.1) is 0 Å². The van der Waals surface area contributed by atoms with Crippen molar-refractivity contribution in [3.8, 4) is 11.4 Å². The van der Waals surface area contributed by atoms with Gasteiger partial charge < -0.3 is 15.0 Å². The summed E-state index contributed by atoms with van der Waals surface area (Å²) < 4.78 is 10.8. The summed E-state index contributed by atoms with van der Waals surface area (Å²) in [5.74, 6) is 0.864. The van der Waals surface area contributed by atoms with Gasteiger partial charge in [-0.3, -0.25) is 0 Å². The third-order valence-electron chi connectivity index (χ3n) is 3.21. The molecule has 5 heteroatoms. The first-order valence-corrected chi connectivity index (χ1v) is 6.56. The van der Waals surface area contributed by atoms with Crippen LogP contribution in [0.3, 0.4) is 0 Å². The van der Waals surface area contributed by atoms with Crippen LogP contribution in [0.25, 0.3) is 11.4 Å². The number of nitrogens with two attached hydrogens (primary N) is 1. The van der Waals surface area contributed by atoms with Gasteiger partial charge in [0.25, 0.3) is 5.89 Å². The Morgan fingerprint density at radius 3 is 2.48 bits per heavy atom. The number of methoxy groups -OCH3 is 1. The van der Waals surface area contributed by atoms with Gasteiger partial charge in [-0.2, -0.15) is 4.98 Å². The number of aromatic nitrogens is 2. The Bertz CT molecular complexity index is 725. The van der Waals surface area contributed by atoms with Crippen molar-refractivity contribution >= 4 is 5.69 Å². The predicted molar refractivity (Wildman–Crippen MR) is 79.4 cm³/mol. The quantitative estimate of drug-likeness (QED) is 0.744. The number of para-hydroxylation sites is 1. The fraction of sp³-hybridized carbons (Fsp3) is 0.125. The average Bonchev–Trinajstić information content (AvgIpc) is 2.99. The van der Waals surface area contributed by atoms with Gasteiger partial charge in [-0.05, 0) is 17.7 Å². The summed E-state index contributed by atoms with van der Waals surface area (Å²) in [5, 5.41) is 4.00. The number of benzene rings is 2. The first kappa shape index (κ1) is 13.3. The molecule has 2 N–H and O–H groups in total. The van der Waals surface area contributed by atoms with Crippen molar-refractivity contribution in [3.05, 3.63) is 66.1 Å². The highest BCUT2D eigenvalue weighted by molar-refractivity contribution is 5.70. The summed E-state index contributed by atoms with van der Waals surface area (Å²) in [7, 11) is 1.61. The lowest BCUT2D eigenvalue weighted by Gasteiger charge is -2.10. The van der Waals surface area contributed by atoms with Crippen molar-refractivity contribution in [3.63, 3.8) is 0 Å². The molecule has 2 aromatic carbocycles. The SMILES string of the molecule is COC(c1ccccc1)c1nc(-c2ccccc2N)no1. The second-order valence-electron chi connectivity index (χ2n) is 4.57. The molecule has 0 bridgehead atoms. The minimum absolute atomic E-state index is 0.391. The smallest absolute Gasteiger partial charge is 0.260 e. The topological polar surface area (TPSA) is 74.2 Å². The zero-order valence-electron chi connectivity index (χ0n) is 11.6. The number of hydrogen-bond donors (Lipinski definition) is 1. The minimum atomic E-state index is -0.391. The van der Waals surface area contributed by atoms with E-state index in [1.807, 2.05) is 48.5 Å². The maximum atomic E-state index is 5.93. The van der Waals surface area contributed by atoms with Crippen molar-refractivity contribution in [2.24, 2.45) is 0 Å². The first-order chi connectivity index (χ1) is 10.3. The van der Waals surface area contributed by atoms with E-state index in [1.165, 1.54) is 0 Å². The molecule has 106 valence electrons. The molecule has 3 rings (SSSR count). The average molecular weight is 281 g/mol. The van der Waals surface area contributed by atoms with Crippen LogP contribution in [0.1, 0.15) is 17.6 Å². The van der Waals surface area contributed by atoms with E-state index in [0.717, 1.165) is 11.1 Å². The van der Waals surface area contributed by atoms with Gasteiger partial charge in [-0.15, -0.1) is 0 Å². The lowest BCUT2D eigenvalue weighted by atomic mass is 10.1. The lowest BCUT2D eigenvalue weighted by molar-refractivity contribution is 0.105. The zero-order valence-corrected chi connectivity index (χ0v) is 11.6. The fourth-order valence-electron chi connectivity index (χ4n) is 2.16. The largest absolute Gasteiger partial charge is 0.398 e. The van der Waals surface area contributed by atoms with Crippen molar-refractivity contribution in [1.82, 2.24) is 10.1 Å². The molecule has 0 aliphatic heterocycles.